The molecular formula is C34H40ClN9O4. The van der Waals surface area contributed by atoms with Gasteiger partial charge in [0.2, 0.25) is 11.9 Å². The van der Waals surface area contributed by atoms with Gasteiger partial charge in [0.25, 0.3) is 0 Å². The molecule has 0 spiro atoms. The van der Waals surface area contributed by atoms with Gasteiger partial charge in [-0.15, -0.1) is 0 Å². The molecule has 0 aliphatic carbocycles. The molecule has 4 aromatic rings. The maximum atomic E-state index is 12.6. The summed E-state index contributed by atoms with van der Waals surface area (Å²) in [6.45, 7) is 7.92. The molecule has 6 rings (SSSR count). The van der Waals surface area contributed by atoms with E-state index in [1.165, 1.54) is 12.3 Å². The van der Waals surface area contributed by atoms with Gasteiger partial charge >= 0.3 is 0 Å². The third kappa shape index (κ3) is 7.64. The number of piperidine rings is 1. The number of para-hydroxylation sites is 2. The number of morpholine rings is 1. The number of aryl methyl sites for hydroxylation is 1. The fourth-order valence-electron chi connectivity index (χ4n) is 5.94. The molecule has 0 bridgehead atoms. The zero-order valence-electron chi connectivity index (χ0n) is 27.1. The van der Waals surface area contributed by atoms with E-state index in [-0.39, 0.29) is 24.6 Å². The molecule has 2 fully saturated rings. The van der Waals surface area contributed by atoms with Crippen molar-refractivity contribution >= 4 is 52.0 Å². The van der Waals surface area contributed by atoms with Gasteiger partial charge in [-0.2, -0.15) is 4.98 Å². The largest absolute Gasteiger partial charge is 0.494 e. The van der Waals surface area contributed by atoms with E-state index in [4.69, 9.17) is 25.8 Å². The van der Waals surface area contributed by atoms with Crippen molar-refractivity contribution in [3.63, 3.8) is 0 Å². The van der Waals surface area contributed by atoms with Gasteiger partial charge < -0.3 is 39.6 Å². The van der Waals surface area contributed by atoms with Crippen LogP contribution in [0.2, 0.25) is 5.02 Å². The highest BCUT2D eigenvalue weighted by atomic mass is 35.5. The predicted molar refractivity (Wildman–Crippen MR) is 187 cm³/mol. The fourth-order valence-corrected chi connectivity index (χ4v) is 6.08. The van der Waals surface area contributed by atoms with Crippen molar-refractivity contribution < 1.29 is 19.0 Å². The van der Waals surface area contributed by atoms with E-state index in [0.29, 0.717) is 52.6 Å². The second-order valence-corrected chi connectivity index (χ2v) is 11.9. The molecule has 48 heavy (non-hydrogen) atoms. The van der Waals surface area contributed by atoms with Crippen molar-refractivity contribution in [2.45, 2.75) is 32.0 Å². The Bertz CT molecular complexity index is 1740. The Morgan fingerprint density at radius 1 is 1.08 bits per heavy atom. The molecule has 14 heteroatoms. The highest BCUT2D eigenvalue weighted by Gasteiger charge is 2.31. The van der Waals surface area contributed by atoms with Crippen LogP contribution in [-0.2, 0) is 23.2 Å². The van der Waals surface area contributed by atoms with Gasteiger partial charge in [0, 0.05) is 45.1 Å². The minimum Gasteiger partial charge on any atom is -0.494 e. The zero-order chi connectivity index (χ0) is 33.5. The second-order valence-electron chi connectivity index (χ2n) is 11.5. The Morgan fingerprint density at radius 3 is 2.69 bits per heavy atom. The van der Waals surface area contributed by atoms with Crippen molar-refractivity contribution in [3.8, 4) is 11.5 Å². The molecular weight excluding hydrogens is 634 g/mol. The summed E-state index contributed by atoms with van der Waals surface area (Å²) in [4.78, 5) is 30.9. The Hall–Kier alpha value is -4.85. The molecule has 2 aliphatic rings. The highest BCUT2D eigenvalue weighted by Crippen LogP contribution is 2.41. The van der Waals surface area contributed by atoms with E-state index < -0.39 is 0 Å². The number of nitrogens with zero attached hydrogens (tertiary/aromatic N) is 6. The third-order valence-electron chi connectivity index (χ3n) is 8.42. The Kier molecular flexibility index (Phi) is 10.6. The van der Waals surface area contributed by atoms with Crippen LogP contribution in [0.1, 0.15) is 25.1 Å². The van der Waals surface area contributed by atoms with Gasteiger partial charge in [-0.3, -0.25) is 9.69 Å². The van der Waals surface area contributed by atoms with Gasteiger partial charge in [-0.05, 0) is 43.5 Å². The molecule has 3 N–H and O–H groups in total. The molecule has 2 saturated heterocycles. The number of methoxy groups -OCH3 is 1. The number of aromatic nitrogens is 4. The molecule has 1 unspecified atom stereocenters. The molecule has 2 aromatic carbocycles. The number of hydrogen-bond donors (Lipinski definition) is 3. The normalized spacial score (nSPS) is 16.6. The Morgan fingerprint density at radius 2 is 1.92 bits per heavy atom. The lowest BCUT2D eigenvalue weighted by Crippen LogP contribution is -2.54. The Labute approximate surface area is 284 Å². The maximum Gasteiger partial charge on any atom is 0.247 e. The molecule has 1 amide bonds. The van der Waals surface area contributed by atoms with E-state index in [1.807, 2.05) is 54.2 Å². The van der Waals surface area contributed by atoms with E-state index in [1.54, 1.807) is 13.3 Å². The minimum atomic E-state index is -0.315. The molecule has 2 aromatic heterocycles. The smallest absolute Gasteiger partial charge is 0.247 e. The summed E-state index contributed by atoms with van der Waals surface area (Å²) < 4.78 is 19.5. The van der Waals surface area contributed by atoms with E-state index in [9.17, 15) is 4.79 Å². The average molecular weight is 674 g/mol. The van der Waals surface area contributed by atoms with Crippen molar-refractivity contribution in [1.29, 1.82) is 0 Å². The number of imidazole rings is 1. The first-order valence-corrected chi connectivity index (χ1v) is 16.3. The monoisotopic (exact) mass is 673 g/mol. The first kappa shape index (κ1) is 33.1. The number of nitrogens with one attached hydrogen (secondary N) is 3. The first-order chi connectivity index (χ1) is 23.4. The van der Waals surface area contributed by atoms with Crippen molar-refractivity contribution in [1.82, 2.24) is 24.4 Å². The third-order valence-corrected chi connectivity index (χ3v) is 8.69. The van der Waals surface area contributed by atoms with Crippen LogP contribution in [0.3, 0.4) is 0 Å². The van der Waals surface area contributed by atoms with Crippen LogP contribution < -0.4 is 30.3 Å². The van der Waals surface area contributed by atoms with Crippen molar-refractivity contribution in [2.75, 3.05) is 60.8 Å². The topological polar surface area (TPSA) is 131 Å². The van der Waals surface area contributed by atoms with Crippen LogP contribution >= 0.6 is 11.6 Å². The number of hydrogen-bond acceptors (Lipinski definition) is 11. The Balaban J connectivity index is 1.28. The summed E-state index contributed by atoms with van der Waals surface area (Å²) in [5, 5.41) is 9.88. The summed E-state index contributed by atoms with van der Waals surface area (Å²) >= 11 is 6.55. The van der Waals surface area contributed by atoms with E-state index in [0.717, 1.165) is 50.4 Å². The summed E-state index contributed by atoms with van der Waals surface area (Å²) in [7, 11) is 3.53. The molecule has 2 aliphatic heterocycles. The van der Waals surface area contributed by atoms with E-state index in [2.05, 4.69) is 47.3 Å². The summed E-state index contributed by atoms with van der Waals surface area (Å²) in [6.07, 6.45) is 9.74. The van der Waals surface area contributed by atoms with Crippen LogP contribution in [0, 0.1) is 0 Å². The average Bonchev–Trinajstić information content (AvgIpc) is 3.54. The van der Waals surface area contributed by atoms with Crippen LogP contribution in [0.4, 0.5) is 34.5 Å². The van der Waals surface area contributed by atoms with Crippen LogP contribution in [-0.4, -0.2) is 76.4 Å². The zero-order valence-corrected chi connectivity index (χ0v) is 27.9. The number of carbonyl (C=O) groups is 1. The standard InChI is InChI=1S/C34H40ClN9O4/c1-4-31(45)38-25-19-26(29(46-3)20-27(25)44-13-8-7-11-32(44)43-15-17-47-18-16-43)40-34-37-21-23(35)33(41-34)39-24-9-5-6-10-28(24)48-22-30-36-12-14-42(30)2/h4-6,9-10,12,14,19-21,32H,1,7-8,11,13,15-18,22H2,2-3H3,(H,38,45)(H2,37,39,40,41). The lowest BCUT2D eigenvalue weighted by atomic mass is 10.0. The fraction of sp³-hybridized carbons (Fsp3) is 0.353. The number of carbonyl (C=O) groups excluding carboxylic acids is 1. The number of anilines is 6. The summed E-state index contributed by atoms with van der Waals surface area (Å²) in [5.74, 6) is 2.29. The molecule has 0 saturated carbocycles. The van der Waals surface area contributed by atoms with Gasteiger partial charge in [-0.1, -0.05) is 30.3 Å². The van der Waals surface area contributed by atoms with E-state index >= 15 is 0 Å². The number of rotatable bonds is 12. The SMILES string of the molecule is C=CC(=O)Nc1cc(Nc2ncc(Cl)c(Nc3ccccc3OCc3nccn3C)n2)c(OC)cc1N1CCCCC1N1CCOCC1. The van der Waals surface area contributed by atoms with Crippen LogP contribution in [0.25, 0.3) is 0 Å². The first-order valence-electron chi connectivity index (χ1n) is 15.9. The number of halogens is 1. The lowest BCUT2D eigenvalue weighted by molar-refractivity contribution is -0.111. The number of benzene rings is 2. The second kappa shape index (κ2) is 15.4. The molecule has 252 valence electrons. The molecule has 1 atom stereocenters. The molecule has 4 heterocycles. The van der Waals surface area contributed by atoms with Crippen LogP contribution in [0.15, 0.2) is 67.6 Å². The maximum absolute atomic E-state index is 12.6. The highest BCUT2D eigenvalue weighted by molar-refractivity contribution is 6.33. The summed E-state index contributed by atoms with van der Waals surface area (Å²) in [6, 6.07) is 11.3. The van der Waals surface area contributed by atoms with Crippen molar-refractivity contribution in [3.05, 3.63) is 78.5 Å². The predicted octanol–water partition coefficient (Wildman–Crippen LogP) is 5.71. The molecule has 13 nitrogen and oxygen atoms in total. The lowest BCUT2D eigenvalue weighted by Gasteiger charge is -2.45. The van der Waals surface area contributed by atoms with Gasteiger partial charge in [0.05, 0.1) is 55.4 Å². The van der Waals surface area contributed by atoms with Gasteiger partial charge in [0.15, 0.2) is 5.82 Å². The molecule has 0 radical (unpaired) electrons. The summed E-state index contributed by atoms with van der Waals surface area (Å²) in [5.41, 5.74) is 2.72. The number of amides is 1. The minimum absolute atomic E-state index is 0.175. The van der Waals surface area contributed by atoms with Crippen molar-refractivity contribution in [2.24, 2.45) is 7.05 Å². The van der Waals surface area contributed by atoms with Gasteiger partial charge in [0.1, 0.15) is 29.0 Å². The van der Waals surface area contributed by atoms with Crippen LogP contribution in [0.5, 0.6) is 11.5 Å². The quantitative estimate of drug-likeness (QED) is 0.160. The number of ether oxygens (including phenoxy) is 3. The van der Waals surface area contributed by atoms with Gasteiger partial charge in [-0.25, -0.2) is 9.97 Å².